The largest absolute Gasteiger partial charge is 0.383 e. The van der Waals surface area contributed by atoms with Crippen LogP contribution in [-0.2, 0) is 11.3 Å². The molecule has 0 saturated carbocycles. The van der Waals surface area contributed by atoms with E-state index in [-0.39, 0.29) is 0 Å². The van der Waals surface area contributed by atoms with Crippen molar-refractivity contribution in [2.75, 3.05) is 13.7 Å². The minimum absolute atomic E-state index is 0.326. The van der Waals surface area contributed by atoms with Gasteiger partial charge in [-0.25, -0.2) is 9.97 Å². The highest BCUT2D eigenvalue weighted by Crippen LogP contribution is 2.03. The molecule has 2 rings (SSSR count). The average Bonchev–Trinajstić information content (AvgIpc) is 2.70. The smallest absolute Gasteiger partial charge is 0.233 e. The van der Waals surface area contributed by atoms with Gasteiger partial charge in [-0.05, 0) is 13.0 Å². The Morgan fingerprint density at radius 2 is 2.38 bits per heavy atom. The zero-order chi connectivity index (χ0) is 11.4. The molecule has 1 N–H and O–H groups in total. The number of fused-ring (bicyclic) bond motifs is 1. The van der Waals surface area contributed by atoms with Crippen molar-refractivity contribution in [1.82, 2.24) is 19.7 Å². The molecule has 1 atom stereocenters. The summed E-state index contributed by atoms with van der Waals surface area (Å²) in [6.45, 7) is 3.55. The SMILES string of the molecule is COCC(C)NCc1cnc2ncccn12. The number of hydrogen-bond acceptors (Lipinski definition) is 4. The quantitative estimate of drug-likeness (QED) is 0.811. The van der Waals surface area contributed by atoms with Crippen LogP contribution >= 0.6 is 0 Å². The minimum atomic E-state index is 0.326. The summed E-state index contributed by atoms with van der Waals surface area (Å²) >= 11 is 0. The van der Waals surface area contributed by atoms with E-state index in [2.05, 4.69) is 22.2 Å². The van der Waals surface area contributed by atoms with Gasteiger partial charge < -0.3 is 10.1 Å². The molecule has 2 aromatic heterocycles. The van der Waals surface area contributed by atoms with Crippen LogP contribution in [0, 0.1) is 0 Å². The summed E-state index contributed by atoms with van der Waals surface area (Å²) in [5.74, 6) is 0.735. The number of hydrogen-bond donors (Lipinski definition) is 1. The van der Waals surface area contributed by atoms with Crippen LogP contribution in [0.3, 0.4) is 0 Å². The molecule has 5 heteroatoms. The van der Waals surface area contributed by atoms with Gasteiger partial charge in [0.15, 0.2) is 0 Å². The second-order valence-corrected chi connectivity index (χ2v) is 3.78. The lowest BCUT2D eigenvalue weighted by molar-refractivity contribution is 0.171. The summed E-state index contributed by atoms with van der Waals surface area (Å²) in [5, 5.41) is 3.36. The van der Waals surface area contributed by atoms with Crippen molar-refractivity contribution >= 4 is 5.78 Å². The van der Waals surface area contributed by atoms with E-state index in [0.717, 1.165) is 18.0 Å². The van der Waals surface area contributed by atoms with E-state index in [1.807, 2.05) is 22.9 Å². The summed E-state index contributed by atoms with van der Waals surface area (Å²) < 4.78 is 7.04. The fourth-order valence-electron chi connectivity index (χ4n) is 1.60. The van der Waals surface area contributed by atoms with Crippen LogP contribution in [-0.4, -0.2) is 34.1 Å². The molecule has 86 valence electrons. The molecule has 0 aliphatic heterocycles. The van der Waals surface area contributed by atoms with Crippen LogP contribution in [0.15, 0.2) is 24.7 Å². The van der Waals surface area contributed by atoms with Crippen molar-refractivity contribution in [1.29, 1.82) is 0 Å². The van der Waals surface area contributed by atoms with Crippen LogP contribution in [0.1, 0.15) is 12.6 Å². The van der Waals surface area contributed by atoms with Crippen molar-refractivity contribution in [3.63, 3.8) is 0 Å². The number of aromatic nitrogens is 3. The van der Waals surface area contributed by atoms with Crippen LogP contribution in [0.5, 0.6) is 0 Å². The van der Waals surface area contributed by atoms with Crippen molar-refractivity contribution in [2.45, 2.75) is 19.5 Å². The number of rotatable bonds is 5. The van der Waals surface area contributed by atoms with E-state index < -0.39 is 0 Å². The third kappa shape index (κ3) is 2.37. The maximum Gasteiger partial charge on any atom is 0.233 e. The first kappa shape index (κ1) is 11.0. The third-order valence-electron chi connectivity index (χ3n) is 2.41. The monoisotopic (exact) mass is 220 g/mol. The molecule has 0 aromatic carbocycles. The second kappa shape index (κ2) is 5.05. The van der Waals surface area contributed by atoms with Crippen LogP contribution in [0.4, 0.5) is 0 Å². The van der Waals surface area contributed by atoms with Crippen LogP contribution < -0.4 is 5.32 Å². The highest BCUT2D eigenvalue weighted by molar-refractivity contribution is 5.30. The van der Waals surface area contributed by atoms with Gasteiger partial charge in [-0.3, -0.25) is 4.40 Å². The van der Waals surface area contributed by atoms with Gasteiger partial charge in [0, 0.05) is 32.1 Å². The molecule has 0 aliphatic rings. The molecule has 0 amide bonds. The topological polar surface area (TPSA) is 51.5 Å². The lowest BCUT2D eigenvalue weighted by atomic mass is 10.3. The normalized spacial score (nSPS) is 13.1. The highest BCUT2D eigenvalue weighted by atomic mass is 16.5. The van der Waals surface area contributed by atoms with Gasteiger partial charge in [0.25, 0.3) is 0 Å². The fraction of sp³-hybridized carbons (Fsp3) is 0.455. The van der Waals surface area contributed by atoms with E-state index in [0.29, 0.717) is 12.6 Å². The van der Waals surface area contributed by atoms with E-state index in [1.165, 1.54) is 0 Å². The van der Waals surface area contributed by atoms with Crippen molar-refractivity contribution in [3.8, 4) is 0 Å². The Morgan fingerprint density at radius 3 is 3.19 bits per heavy atom. The molecule has 1 unspecified atom stereocenters. The first-order valence-corrected chi connectivity index (χ1v) is 5.30. The Kier molecular flexibility index (Phi) is 3.48. The zero-order valence-corrected chi connectivity index (χ0v) is 9.55. The van der Waals surface area contributed by atoms with Gasteiger partial charge in [-0.2, -0.15) is 0 Å². The predicted molar refractivity (Wildman–Crippen MR) is 61.2 cm³/mol. The first-order valence-electron chi connectivity index (χ1n) is 5.30. The molecule has 0 bridgehead atoms. The molecular formula is C11H16N4O. The van der Waals surface area contributed by atoms with Gasteiger partial charge >= 0.3 is 0 Å². The Hall–Kier alpha value is -1.46. The van der Waals surface area contributed by atoms with Crippen LogP contribution in [0.25, 0.3) is 5.78 Å². The molecule has 5 nitrogen and oxygen atoms in total. The Morgan fingerprint density at radius 1 is 1.50 bits per heavy atom. The number of nitrogens with zero attached hydrogens (tertiary/aromatic N) is 3. The number of imidazole rings is 1. The van der Waals surface area contributed by atoms with E-state index in [1.54, 1.807) is 13.3 Å². The van der Waals surface area contributed by atoms with Crippen molar-refractivity contribution < 1.29 is 4.74 Å². The minimum Gasteiger partial charge on any atom is -0.383 e. The molecule has 0 saturated heterocycles. The Labute approximate surface area is 94.5 Å². The fourth-order valence-corrected chi connectivity index (χ4v) is 1.60. The Balaban J connectivity index is 2.04. The summed E-state index contributed by atoms with van der Waals surface area (Å²) in [6, 6.07) is 2.23. The lowest BCUT2D eigenvalue weighted by Gasteiger charge is -2.11. The second-order valence-electron chi connectivity index (χ2n) is 3.78. The maximum absolute atomic E-state index is 5.06. The summed E-state index contributed by atoms with van der Waals surface area (Å²) in [4.78, 5) is 8.39. The standard InChI is InChI=1S/C11H16N4O/c1-9(8-16-2)13-6-10-7-14-11-12-4-3-5-15(10)11/h3-5,7,9,13H,6,8H2,1-2H3. The highest BCUT2D eigenvalue weighted by Gasteiger charge is 2.05. The van der Waals surface area contributed by atoms with E-state index in [4.69, 9.17) is 4.74 Å². The number of nitrogens with one attached hydrogen (secondary N) is 1. The van der Waals surface area contributed by atoms with Gasteiger partial charge in [0.05, 0.1) is 18.5 Å². The molecular weight excluding hydrogens is 204 g/mol. The Bertz CT molecular complexity index is 454. The maximum atomic E-state index is 5.06. The van der Waals surface area contributed by atoms with E-state index in [9.17, 15) is 0 Å². The zero-order valence-electron chi connectivity index (χ0n) is 9.55. The average molecular weight is 220 g/mol. The molecule has 0 aliphatic carbocycles. The molecule has 0 fully saturated rings. The first-order chi connectivity index (χ1) is 7.81. The predicted octanol–water partition coefficient (Wildman–Crippen LogP) is 0.854. The van der Waals surface area contributed by atoms with Gasteiger partial charge in [-0.15, -0.1) is 0 Å². The molecule has 16 heavy (non-hydrogen) atoms. The van der Waals surface area contributed by atoms with Gasteiger partial charge in [0.1, 0.15) is 0 Å². The molecule has 0 spiro atoms. The molecule has 2 aromatic rings. The third-order valence-corrected chi connectivity index (χ3v) is 2.41. The summed E-state index contributed by atoms with van der Waals surface area (Å²) in [5.41, 5.74) is 1.10. The van der Waals surface area contributed by atoms with Gasteiger partial charge in [-0.1, -0.05) is 0 Å². The summed E-state index contributed by atoms with van der Waals surface area (Å²) in [7, 11) is 1.70. The van der Waals surface area contributed by atoms with E-state index >= 15 is 0 Å². The summed E-state index contributed by atoms with van der Waals surface area (Å²) in [6.07, 6.45) is 5.55. The molecule has 2 heterocycles. The number of methoxy groups -OCH3 is 1. The van der Waals surface area contributed by atoms with Crippen LogP contribution in [0.2, 0.25) is 0 Å². The van der Waals surface area contributed by atoms with Gasteiger partial charge in [0.2, 0.25) is 5.78 Å². The van der Waals surface area contributed by atoms with Crippen molar-refractivity contribution in [2.24, 2.45) is 0 Å². The number of ether oxygens (including phenoxy) is 1. The van der Waals surface area contributed by atoms with Crippen molar-refractivity contribution in [3.05, 3.63) is 30.4 Å². The lowest BCUT2D eigenvalue weighted by Crippen LogP contribution is -2.29. The molecule has 0 radical (unpaired) electrons.